The van der Waals surface area contributed by atoms with E-state index in [2.05, 4.69) is 36.5 Å². The fourth-order valence-electron chi connectivity index (χ4n) is 3.25. The first-order valence-corrected chi connectivity index (χ1v) is 6.98. The summed E-state index contributed by atoms with van der Waals surface area (Å²) in [6, 6.07) is 9.48. The lowest BCUT2D eigenvalue weighted by Crippen LogP contribution is -2.38. The van der Waals surface area contributed by atoms with Gasteiger partial charge in [0.2, 0.25) is 0 Å². The minimum atomic E-state index is 0.176. The Hall–Kier alpha value is -0.900. The summed E-state index contributed by atoms with van der Waals surface area (Å²) in [7, 11) is 0. The normalized spacial score (nSPS) is 32.4. The SMILES string of the molecule is CC(NC1CC(N)c2ccccc21)C1CCCO1. The van der Waals surface area contributed by atoms with Crippen molar-refractivity contribution in [3.63, 3.8) is 0 Å². The molecule has 2 aliphatic rings. The molecule has 3 rings (SSSR count). The van der Waals surface area contributed by atoms with E-state index in [1.807, 2.05) is 0 Å². The summed E-state index contributed by atoms with van der Waals surface area (Å²) < 4.78 is 5.75. The van der Waals surface area contributed by atoms with E-state index in [1.54, 1.807) is 0 Å². The van der Waals surface area contributed by atoms with Crippen molar-refractivity contribution in [2.24, 2.45) is 5.73 Å². The van der Waals surface area contributed by atoms with Crippen molar-refractivity contribution in [2.75, 3.05) is 6.61 Å². The van der Waals surface area contributed by atoms with Crippen LogP contribution in [0.25, 0.3) is 0 Å². The first-order valence-electron chi connectivity index (χ1n) is 6.98. The van der Waals surface area contributed by atoms with Crippen LogP contribution in [0.1, 0.15) is 49.4 Å². The molecule has 0 spiro atoms. The molecule has 1 aromatic carbocycles. The number of hydrogen-bond acceptors (Lipinski definition) is 3. The summed E-state index contributed by atoms with van der Waals surface area (Å²) in [5.41, 5.74) is 8.87. The number of nitrogens with two attached hydrogens (primary N) is 1. The maximum Gasteiger partial charge on any atom is 0.0726 e. The van der Waals surface area contributed by atoms with Gasteiger partial charge in [-0.05, 0) is 37.3 Å². The third kappa shape index (κ3) is 2.18. The topological polar surface area (TPSA) is 47.3 Å². The molecule has 0 saturated carbocycles. The van der Waals surface area contributed by atoms with Gasteiger partial charge in [0.05, 0.1) is 6.10 Å². The number of rotatable bonds is 3. The Kier molecular flexibility index (Phi) is 3.37. The Balaban J connectivity index is 1.71. The highest BCUT2D eigenvalue weighted by molar-refractivity contribution is 5.37. The van der Waals surface area contributed by atoms with Crippen LogP contribution in [0.15, 0.2) is 24.3 Å². The fourth-order valence-corrected chi connectivity index (χ4v) is 3.25. The zero-order valence-corrected chi connectivity index (χ0v) is 10.9. The molecule has 1 saturated heterocycles. The van der Waals surface area contributed by atoms with Crippen LogP contribution < -0.4 is 11.1 Å². The molecule has 3 N–H and O–H groups in total. The fraction of sp³-hybridized carbons (Fsp3) is 0.600. The largest absolute Gasteiger partial charge is 0.377 e. The maximum atomic E-state index is 6.19. The van der Waals surface area contributed by atoms with E-state index in [4.69, 9.17) is 10.5 Å². The van der Waals surface area contributed by atoms with Gasteiger partial charge in [-0.3, -0.25) is 0 Å². The highest BCUT2D eigenvalue weighted by Crippen LogP contribution is 2.37. The molecule has 1 aliphatic carbocycles. The minimum absolute atomic E-state index is 0.176. The summed E-state index contributed by atoms with van der Waals surface area (Å²) in [5, 5.41) is 3.70. The van der Waals surface area contributed by atoms with Crippen molar-refractivity contribution in [3.8, 4) is 0 Å². The van der Waals surface area contributed by atoms with E-state index >= 15 is 0 Å². The van der Waals surface area contributed by atoms with Crippen LogP contribution >= 0.6 is 0 Å². The summed E-state index contributed by atoms with van der Waals surface area (Å²) in [4.78, 5) is 0. The molecule has 3 heteroatoms. The Morgan fingerprint density at radius 2 is 2.11 bits per heavy atom. The van der Waals surface area contributed by atoms with Gasteiger partial charge in [0.1, 0.15) is 0 Å². The predicted octanol–water partition coefficient (Wildman–Crippen LogP) is 2.29. The average molecular weight is 246 g/mol. The highest BCUT2D eigenvalue weighted by Gasteiger charge is 2.31. The standard InChI is InChI=1S/C15H22N2O/c1-10(15-7-4-8-18-15)17-14-9-13(16)11-5-2-3-6-12(11)14/h2-3,5-6,10,13-15,17H,4,7-9,16H2,1H3. The number of ether oxygens (including phenoxy) is 1. The Labute approximate surface area is 109 Å². The number of nitrogens with one attached hydrogen (secondary N) is 1. The molecule has 1 aliphatic heterocycles. The molecule has 1 aromatic rings. The van der Waals surface area contributed by atoms with Crippen LogP contribution in [0.4, 0.5) is 0 Å². The summed E-state index contributed by atoms with van der Waals surface area (Å²) in [5.74, 6) is 0. The van der Waals surface area contributed by atoms with Gasteiger partial charge in [0, 0.05) is 24.7 Å². The van der Waals surface area contributed by atoms with E-state index in [0.29, 0.717) is 18.2 Å². The van der Waals surface area contributed by atoms with E-state index in [9.17, 15) is 0 Å². The van der Waals surface area contributed by atoms with Gasteiger partial charge in [-0.15, -0.1) is 0 Å². The number of benzene rings is 1. The Morgan fingerprint density at radius 3 is 2.83 bits per heavy atom. The molecule has 98 valence electrons. The van der Waals surface area contributed by atoms with Crippen LogP contribution in [-0.4, -0.2) is 18.8 Å². The Morgan fingerprint density at radius 1 is 1.33 bits per heavy atom. The second-order valence-corrected chi connectivity index (χ2v) is 5.53. The second-order valence-electron chi connectivity index (χ2n) is 5.53. The quantitative estimate of drug-likeness (QED) is 0.860. The highest BCUT2D eigenvalue weighted by atomic mass is 16.5. The summed E-state index contributed by atoms with van der Waals surface area (Å²) in [6.45, 7) is 3.14. The molecule has 4 atom stereocenters. The van der Waals surface area contributed by atoms with Crippen molar-refractivity contribution < 1.29 is 4.74 Å². The van der Waals surface area contributed by atoms with Crippen LogP contribution in [-0.2, 0) is 4.74 Å². The molecule has 0 radical (unpaired) electrons. The third-order valence-electron chi connectivity index (χ3n) is 4.25. The summed E-state index contributed by atoms with van der Waals surface area (Å²) in [6.07, 6.45) is 3.73. The van der Waals surface area contributed by atoms with Crippen molar-refractivity contribution in [1.82, 2.24) is 5.32 Å². The maximum absolute atomic E-state index is 6.19. The smallest absolute Gasteiger partial charge is 0.0726 e. The molecule has 0 bridgehead atoms. The monoisotopic (exact) mass is 246 g/mol. The predicted molar refractivity (Wildman–Crippen MR) is 72.3 cm³/mol. The lowest BCUT2D eigenvalue weighted by molar-refractivity contribution is 0.0794. The Bertz CT molecular complexity index is 415. The number of fused-ring (bicyclic) bond motifs is 1. The lowest BCUT2D eigenvalue weighted by Gasteiger charge is -2.24. The van der Waals surface area contributed by atoms with Gasteiger partial charge in [-0.25, -0.2) is 0 Å². The van der Waals surface area contributed by atoms with Gasteiger partial charge >= 0.3 is 0 Å². The van der Waals surface area contributed by atoms with Crippen molar-refractivity contribution >= 4 is 0 Å². The molecule has 18 heavy (non-hydrogen) atoms. The third-order valence-corrected chi connectivity index (χ3v) is 4.25. The van der Waals surface area contributed by atoms with Gasteiger partial charge in [-0.1, -0.05) is 24.3 Å². The van der Waals surface area contributed by atoms with E-state index in [0.717, 1.165) is 13.0 Å². The van der Waals surface area contributed by atoms with E-state index < -0.39 is 0 Å². The molecule has 1 fully saturated rings. The minimum Gasteiger partial charge on any atom is -0.377 e. The molecule has 4 unspecified atom stereocenters. The average Bonchev–Trinajstić information content (AvgIpc) is 3.00. The number of hydrogen-bond donors (Lipinski definition) is 2. The van der Waals surface area contributed by atoms with Crippen LogP contribution in [0.5, 0.6) is 0 Å². The molecule has 0 amide bonds. The second kappa shape index (κ2) is 5.00. The van der Waals surface area contributed by atoms with Gasteiger partial charge in [0.15, 0.2) is 0 Å². The van der Waals surface area contributed by atoms with Crippen LogP contribution in [0.3, 0.4) is 0 Å². The van der Waals surface area contributed by atoms with Gasteiger partial charge in [-0.2, -0.15) is 0 Å². The first-order chi connectivity index (χ1) is 8.75. The van der Waals surface area contributed by atoms with Crippen molar-refractivity contribution in [2.45, 2.75) is 50.4 Å². The zero-order chi connectivity index (χ0) is 12.5. The zero-order valence-electron chi connectivity index (χ0n) is 10.9. The van der Waals surface area contributed by atoms with Crippen molar-refractivity contribution in [1.29, 1.82) is 0 Å². The van der Waals surface area contributed by atoms with E-state index in [1.165, 1.54) is 24.0 Å². The molecule has 0 aromatic heterocycles. The lowest BCUT2D eigenvalue weighted by atomic mass is 10.0. The van der Waals surface area contributed by atoms with Gasteiger partial charge in [0.25, 0.3) is 0 Å². The van der Waals surface area contributed by atoms with Crippen LogP contribution in [0, 0.1) is 0 Å². The first kappa shape index (κ1) is 12.2. The summed E-state index contributed by atoms with van der Waals surface area (Å²) >= 11 is 0. The van der Waals surface area contributed by atoms with Crippen LogP contribution in [0.2, 0.25) is 0 Å². The molecule has 3 nitrogen and oxygen atoms in total. The molecule has 1 heterocycles. The van der Waals surface area contributed by atoms with Gasteiger partial charge < -0.3 is 15.8 Å². The van der Waals surface area contributed by atoms with Crippen molar-refractivity contribution in [3.05, 3.63) is 35.4 Å². The van der Waals surface area contributed by atoms with E-state index in [-0.39, 0.29) is 6.04 Å². The molecular formula is C15H22N2O. The molecular weight excluding hydrogens is 224 g/mol.